The summed E-state index contributed by atoms with van der Waals surface area (Å²) in [6, 6.07) is 7.73. The molecule has 0 fully saturated rings. The van der Waals surface area contributed by atoms with E-state index < -0.39 is 0 Å². The van der Waals surface area contributed by atoms with E-state index in [4.69, 9.17) is 10.5 Å². The predicted molar refractivity (Wildman–Crippen MR) is 72.3 cm³/mol. The molecule has 0 heterocycles. The molecule has 0 aliphatic rings. The van der Waals surface area contributed by atoms with Crippen LogP contribution in [0.25, 0.3) is 0 Å². The maximum absolute atomic E-state index is 11.3. The van der Waals surface area contributed by atoms with E-state index in [1.165, 1.54) is 0 Å². The van der Waals surface area contributed by atoms with Crippen LogP contribution >= 0.6 is 0 Å². The summed E-state index contributed by atoms with van der Waals surface area (Å²) in [5, 5.41) is 2.82. The molecule has 1 amide bonds. The molecule has 0 saturated carbocycles. The van der Waals surface area contributed by atoms with Gasteiger partial charge in [0.25, 0.3) is 0 Å². The fourth-order valence-corrected chi connectivity index (χ4v) is 1.49. The van der Waals surface area contributed by atoms with Crippen molar-refractivity contribution in [2.45, 2.75) is 39.3 Å². The molecule has 3 N–H and O–H groups in total. The Morgan fingerprint density at radius 3 is 2.72 bits per heavy atom. The average molecular weight is 250 g/mol. The minimum atomic E-state index is -0.221. The molecule has 1 aromatic carbocycles. The van der Waals surface area contributed by atoms with Crippen molar-refractivity contribution in [3.8, 4) is 5.75 Å². The third-order valence-corrected chi connectivity index (χ3v) is 2.18. The number of amides is 1. The second-order valence-corrected chi connectivity index (χ2v) is 5.18. The fourth-order valence-electron chi connectivity index (χ4n) is 1.49. The smallest absolute Gasteiger partial charge is 0.221 e. The molecule has 1 rings (SSSR count). The average Bonchev–Trinajstić information content (AvgIpc) is 2.25. The lowest BCUT2D eigenvalue weighted by Gasteiger charge is -2.21. The van der Waals surface area contributed by atoms with Crippen molar-refractivity contribution in [1.29, 1.82) is 0 Å². The normalized spacial score (nSPS) is 11.1. The number of benzene rings is 1. The first kappa shape index (κ1) is 14.5. The van der Waals surface area contributed by atoms with Crippen molar-refractivity contribution >= 4 is 5.91 Å². The fraction of sp³-hybridized carbons (Fsp3) is 0.500. The number of hydrogen-bond donors (Lipinski definition) is 2. The van der Waals surface area contributed by atoms with E-state index in [9.17, 15) is 4.79 Å². The van der Waals surface area contributed by atoms with Crippen molar-refractivity contribution in [3.05, 3.63) is 29.8 Å². The van der Waals surface area contributed by atoms with E-state index in [1.54, 1.807) is 0 Å². The lowest BCUT2D eigenvalue weighted by atomic mass is 10.1. The molecule has 1 aromatic rings. The largest absolute Gasteiger partial charge is 0.488 e. The van der Waals surface area contributed by atoms with E-state index in [0.29, 0.717) is 19.5 Å². The molecule has 0 bridgehead atoms. The number of carbonyl (C=O) groups excluding carboxylic acids is 1. The molecule has 0 saturated heterocycles. The lowest BCUT2D eigenvalue weighted by Crippen LogP contribution is -2.25. The molecule has 0 radical (unpaired) electrons. The quantitative estimate of drug-likeness (QED) is 0.838. The molecule has 0 spiro atoms. The highest BCUT2D eigenvalue weighted by Gasteiger charge is 2.11. The Morgan fingerprint density at radius 1 is 1.39 bits per heavy atom. The van der Waals surface area contributed by atoms with E-state index in [2.05, 4.69) is 5.32 Å². The van der Waals surface area contributed by atoms with Crippen LogP contribution in [0.1, 0.15) is 32.8 Å². The summed E-state index contributed by atoms with van der Waals surface area (Å²) < 4.78 is 5.76. The number of nitrogens with two attached hydrogens (primary N) is 1. The van der Waals surface area contributed by atoms with Crippen LogP contribution in [0.4, 0.5) is 0 Å². The van der Waals surface area contributed by atoms with Crippen molar-refractivity contribution in [1.82, 2.24) is 5.32 Å². The number of ether oxygens (including phenoxy) is 1. The Kier molecular flexibility index (Phi) is 5.16. The lowest BCUT2D eigenvalue weighted by molar-refractivity contribution is -0.121. The Balaban J connectivity index is 2.57. The third kappa shape index (κ3) is 5.68. The SMILES string of the molecule is CC(C)(C)Oc1cccc(CNC(=O)CCN)c1. The molecule has 18 heavy (non-hydrogen) atoms. The second-order valence-electron chi connectivity index (χ2n) is 5.18. The zero-order valence-electron chi connectivity index (χ0n) is 11.3. The van der Waals surface area contributed by atoms with Gasteiger partial charge in [0.2, 0.25) is 5.91 Å². The first-order valence-electron chi connectivity index (χ1n) is 6.15. The van der Waals surface area contributed by atoms with E-state index in [0.717, 1.165) is 11.3 Å². The van der Waals surface area contributed by atoms with Gasteiger partial charge in [-0.3, -0.25) is 4.79 Å². The number of nitrogens with one attached hydrogen (secondary N) is 1. The zero-order valence-corrected chi connectivity index (χ0v) is 11.3. The second kappa shape index (κ2) is 6.40. The van der Waals surface area contributed by atoms with Gasteiger partial charge in [0.15, 0.2) is 0 Å². The Morgan fingerprint density at radius 2 is 2.11 bits per heavy atom. The van der Waals surface area contributed by atoms with E-state index in [-0.39, 0.29) is 11.5 Å². The van der Waals surface area contributed by atoms with Crippen molar-refractivity contribution in [3.63, 3.8) is 0 Å². The highest BCUT2D eigenvalue weighted by molar-refractivity contribution is 5.76. The summed E-state index contributed by atoms with van der Waals surface area (Å²) in [4.78, 5) is 11.3. The van der Waals surface area contributed by atoms with Crippen LogP contribution in [0.5, 0.6) is 5.75 Å². The van der Waals surface area contributed by atoms with Gasteiger partial charge in [0.1, 0.15) is 11.4 Å². The molecule has 0 aliphatic heterocycles. The Hall–Kier alpha value is -1.55. The molecule has 0 atom stereocenters. The summed E-state index contributed by atoms with van der Waals surface area (Å²) >= 11 is 0. The zero-order chi connectivity index (χ0) is 13.6. The summed E-state index contributed by atoms with van der Waals surface area (Å²) in [6.45, 7) is 6.88. The van der Waals surface area contributed by atoms with Gasteiger partial charge in [-0.25, -0.2) is 0 Å². The third-order valence-electron chi connectivity index (χ3n) is 2.18. The van der Waals surface area contributed by atoms with Gasteiger partial charge in [0, 0.05) is 19.5 Å². The molecule has 0 unspecified atom stereocenters. The summed E-state index contributed by atoms with van der Waals surface area (Å²) in [6.07, 6.45) is 0.359. The highest BCUT2D eigenvalue weighted by Crippen LogP contribution is 2.19. The van der Waals surface area contributed by atoms with Crippen LogP contribution in [0.3, 0.4) is 0 Å². The van der Waals surface area contributed by atoms with Gasteiger partial charge < -0.3 is 15.8 Å². The molecule has 0 aliphatic carbocycles. The van der Waals surface area contributed by atoms with Crippen LogP contribution in [0.15, 0.2) is 24.3 Å². The minimum absolute atomic E-state index is 0.0281. The summed E-state index contributed by atoms with van der Waals surface area (Å²) in [5.41, 5.74) is 6.11. The molecule has 4 heteroatoms. The van der Waals surface area contributed by atoms with Crippen LogP contribution in [-0.4, -0.2) is 18.1 Å². The first-order chi connectivity index (χ1) is 8.40. The van der Waals surface area contributed by atoms with Crippen LogP contribution < -0.4 is 15.8 Å². The minimum Gasteiger partial charge on any atom is -0.488 e. The van der Waals surface area contributed by atoms with Crippen molar-refractivity contribution < 1.29 is 9.53 Å². The van der Waals surface area contributed by atoms with Gasteiger partial charge >= 0.3 is 0 Å². The van der Waals surface area contributed by atoms with Gasteiger partial charge in [0.05, 0.1) is 0 Å². The van der Waals surface area contributed by atoms with Gasteiger partial charge in [-0.05, 0) is 38.5 Å². The maximum atomic E-state index is 11.3. The van der Waals surface area contributed by atoms with Crippen LogP contribution in [0, 0.1) is 0 Å². The molecule has 0 aromatic heterocycles. The molecule has 4 nitrogen and oxygen atoms in total. The highest BCUT2D eigenvalue weighted by atomic mass is 16.5. The van der Waals surface area contributed by atoms with Crippen molar-refractivity contribution in [2.75, 3.05) is 6.54 Å². The molecular weight excluding hydrogens is 228 g/mol. The Bertz CT molecular complexity index is 397. The maximum Gasteiger partial charge on any atom is 0.221 e. The van der Waals surface area contributed by atoms with Gasteiger partial charge in [-0.2, -0.15) is 0 Å². The van der Waals surface area contributed by atoms with E-state index in [1.807, 2.05) is 45.0 Å². The van der Waals surface area contributed by atoms with Gasteiger partial charge in [-0.1, -0.05) is 12.1 Å². The van der Waals surface area contributed by atoms with Crippen LogP contribution in [-0.2, 0) is 11.3 Å². The monoisotopic (exact) mass is 250 g/mol. The van der Waals surface area contributed by atoms with Crippen LogP contribution in [0.2, 0.25) is 0 Å². The number of rotatable bonds is 5. The Labute approximate surface area is 109 Å². The summed E-state index contributed by atoms with van der Waals surface area (Å²) in [5.74, 6) is 0.785. The van der Waals surface area contributed by atoms with E-state index >= 15 is 0 Å². The summed E-state index contributed by atoms with van der Waals surface area (Å²) in [7, 11) is 0. The number of hydrogen-bond acceptors (Lipinski definition) is 3. The molecular formula is C14H22N2O2. The van der Waals surface area contributed by atoms with Crippen molar-refractivity contribution in [2.24, 2.45) is 5.73 Å². The van der Waals surface area contributed by atoms with Gasteiger partial charge in [-0.15, -0.1) is 0 Å². The topological polar surface area (TPSA) is 64.3 Å². The first-order valence-corrected chi connectivity index (χ1v) is 6.15. The molecule has 100 valence electrons. The standard InChI is InChI=1S/C14H22N2O2/c1-14(2,3)18-12-6-4-5-11(9-12)10-16-13(17)7-8-15/h4-6,9H,7-8,10,15H2,1-3H3,(H,16,17). The number of carbonyl (C=O) groups is 1. The predicted octanol–water partition coefficient (Wildman–Crippen LogP) is 1.83.